The normalized spacial score (nSPS) is 12.3. The minimum Gasteiger partial charge on any atom is -0.352 e. The van der Waals surface area contributed by atoms with E-state index in [0.29, 0.717) is 13.1 Å². The number of hydrogen-bond donors (Lipinski definition) is 2. The quantitative estimate of drug-likeness (QED) is 0.848. The molecule has 0 aromatic heterocycles. The highest BCUT2D eigenvalue weighted by atomic mass is 19.4. The van der Waals surface area contributed by atoms with Gasteiger partial charge in [-0.25, -0.2) is 0 Å². The Balaban J connectivity index is 2.60. The number of benzene rings is 1. The van der Waals surface area contributed by atoms with Crippen molar-refractivity contribution in [3.8, 4) is 0 Å². The van der Waals surface area contributed by atoms with Gasteiger partial charge >= 0.3 is 6.18 Å². The maximum atomic E-state index is 12.4. The number of carbonyl (C=O) groups excluding carboxylic acids is 1. The molecule has 1 rings (SSSR count). The fourth-order valence-corrected chi connectivity index (χ4v) is 1.90. The highest BCUT2D eigenvalue weighted by molar-refractivity contribution is 5.94. The van der Waals surface area contributed by atoms with Gasteiger partial charge in [-0.05, 0) is 49.1 Å². The lowest BCUT2D eigenvalue weighted by Crippen LogP contribution is -2.34. The molecule has 1 aromatic rings. The molecule has 0 bridgehead atoms. The monoisotopic (exact) mass is 302 g/mol. The first kappa shape index (κ1) is 17.5. The fourth-order valence-electron chi connectivity index (χ4n) is 1.90. The highest BCUT2D eigenvalue weighted by Gasteiger charge is 2.30. The summed E-state index contributed by atoms with van der Waals surface area (Å²) in [6, 6.07) is 4.19. The van der Waals surface area contributed by atoms with Gasteiger partial charge in [0.2, 0.25) is 0 Å². The van der Waals surface area contributed by atoms with E-state index in [1.807, 2.05) is 13.8 Å². The number of halogens is 3. The molecule has 1 amide bonds. The van der Waals surface area contributed by atoms with Gasteiger partial charge in [0.1, 0.15) is 0 Å². The van der Waals surface area contributed by atoms with Crippen LogP contribution in [0.15, 0.2) is 24.3 Å². The van der Waals surface area contributed by atoms with Crippen molar-refractivity contribution in [3.05, 3.63) is 35.4 Å². The van der Waals surface area contributed by atoms with E-state index in [2.05, 4.69) is 5.32 Å². The number of rotatable bonds is 6. The SMILES string of the molecule is CC(C)(CCCN)CNC(=O)c1ccc(C(F)(F)F)cc1. The van der Waals surface area contributed by atoms with Crippen LogP contribution < -0.4 is 11.1 Å². The Hall–Kier alpha value is -1.56. The van der Waals surface area contributed by atoms with Gasteiger partial charge in [0, 0.05) is 12.1 Å². The van der Waals surface area contributed by atoms with Gasteiger partial charge in [-0.2, -0.15) is 13.2 Å². The zero-order chi connectivity index (χ0) is 16.1. The standard InChI is InChI=1S/C15H21F3N2O/c1-14(2,8-3-9-19)10-20-13(21)11-4-6-12(7-5-11)15(16,17)18/h4-7H,3,8-10,19H2,1-2H3,(H,20,21). The van der Waals surface area contributed by atoms with E-state index in [1.54, 1.807) is 0 Å². The molecular weight excluding hydrogens is 281 g/mol. The summed E-state index contributed by atoms with van der Waals surface area (Å²) in [6.07, 6.45) is -2.65. The number of nitrogens with two attached hydrogens (primary N) is 1. The second kappa shape index (κ2) is 6.93. The number of alkyl halides is 3. The summed E-state index contributed by atoms with van der Waals surface area (Å²) in [5.41, 5.74) is 4.81. The zero-order valence-corrected chi connectivity index (χ0v) is 12.3. The maximum absolute atomic E-state index is 12.4. The molecule has 0 unspecified atom stereocenters. The second-order valence-electron chi connectivity index (χ2n) is 5.81. The van der Waals surface area contributed by atoms with Crippen LogP contribution in [0.5, 0.6) is 0 Å². The first-order chi connectivity index (χ1) is 9.65. The zero-order valence-electron chi connectivity index (χ0n) is 12.3. The molecule has 0 heterocycles. The molecule has 3 nitrogen and oxygen atoms in total. The van der Waals surface area contributed by atoms with Crippen molar-refractivity contribution in [2.24, 2.45) is 11.1 Å². The molecule has 3 N–H and O–H groups in total. The molecule has 0 aliphatic heterocycles. The predicted octanol–water partition coefficient (Wildman–Crippen LogP) is 3.20. The van der Waals surface area contributed by atoms with Gasteiger partial charge < -0.3 is 11.1 Å². The molecule has 118 valence electrons. The molecule has 0 spiro atoms. The summed E-state index contributed by atoms with van der Waals surface area (Å²) in [4.78, 5) is 11.9. The molecule has 0 radical (unpaired) electrons. The number of carbonyl (C=O) groups is 1. The van der Waals surface area contributed by atoms with E-state index >= 15 is 0 Å². The van der Waals surface area contributed by atoms with Crippen molar-refractivity contribution in [3.63, 3.8) is 0 Å². The van der Waals surface area contributed by atoms with Gasteiger partial charge in [0.15, 0.2) is 0 Å². The van der Waals surface area contributed by atoms with Crippen LogP contribution >= 0.6 is 0 Å². The average Bonchev–Trinajstić information content (AvgIpc) is 2.42. The first-order valence-corrected chi connectivity index (χ1v) is 6.81. The summed E-state index contributed by atoms with van der Waals surface area (Å²) in [7, 11) is 0. The molecule has 6 heteroatoms. The van der Waals surface area contributed by atoms with Crippen molar-refractivity contribution in [1.29, 1.82) is 0 Å². The predicted molar refractivity (Wildman–Crippen MR) is 75.8 cm³/mol. The van der Waals surface area contributed by atoms with E-state index in [0.717, 1.165) is 25.0 Å². The molecule has 0 atom stereocenters. The average molecular weight is 302 g/mol. The molecule has 21 heavy (non-hydrogen) atoms. The van der Waals surface area contributed by atoms with Crippen molar-refractivity contribution in [2.45, 2.75) is 32.9 Å². The molecule has 0 saturated heterocycles. The van der Waals surface area contributed by atoms with Gasteiger partial charge in [0.25, 0.3) is 5.91 Å². The number of amides is 1. The molecule has 0 aliphatic carbocycles. The van der Waals surface area contributed by atoms with E-state index in [4.69, 9.17) is 5.73 Å². The summed E-state index contributed by atoms with van der Waals surface area (Å²) in [5, 5.41) is 2.75. The summed E-state index contributed by atoms with van der Waals surface area (Å²) in [5.74, 6) is -0.371. The number of nitrogens with one attached hydrogen (secondary N) is 1. The van der Waals surface area contributed by atoms with Crippen LogP contribution in [0.3, 0.4) is 0 Å². The van der Waals surface area contributed by atoms with Crippen molar-refractivity contribution >= 4 is 5.91 Å². The highest BCUT2D eigenvalue weighted by Crippen LogP contribution is 2.29. The van der Waals surface area contributed by atoms with Crippen LogP contribution in [-0.2, 0) is 6.18 Å². The second-order valence-corrected chi connectivity index (χ2v) is 5.81. The van der Waals surface area contributed by atoms with Gasteiger partial charge in [0.05, 0.1) is 5.56 Å². The van der Waals surface area contributed by atoms with E-state index in [9.17, 15) is 18.0 Å². The third kappa shape index (κ3) is 5.75. The van der Waals surface area contributed by atoms with Gasteiger partial charge in [-0.3, -0.25) is 4.79 Å². The lowest BCUT2D eigenvalue weighted by molar-refractivity contribution is -0.137. The Kier molecular flexibility index (Phi) is 5.78. The topological polar surface area (TPSA) is 55.1 Å². The summed E-state index contributed by atoms with van der Waals surface area (Å²) < 4.78 is 37.3. The van der Waals surface area contributed by atoms with Crippen LogP contribution in [0.4, 0.5) is 13.2 Å². The van der Waals surface area contributed by atoms with Crippen LogP contribution in [0.1, 0.15) is 42.6 Å². The maximum Gasteiger partial charge on any atom is 0.416 e. The van der Waals surface area contributed by atoms with Gasteiger partial charge in [-0.15, -0.1) is 0 Å². The van der Waals surface area contributed by atoms with Crippen LogP contribution in [0.25, 0.3) is 0 Å². The van der Waals surface area contributed by atoms with Crippen molar-refractivity contribution in [1.82, 2.24) is 5.32 Å². The van der Waals surface area contributed by atoms with Gasteiger partial charge in [-0.1, -0.05) is 13.8 Å². The first-order valence-electron chi connectivity index (χ1n) is 6.81. The van der Waals surface area contributed by atoms with Crippen LogP contribution in [0.2, 0.25) is 0 Å². The van der Waals surface area contributed by atoms with Crippen LogP contribution in [-0.4, -0.2) is 19.0 Å². The lowest BCUT2D eigenvalue weighted by atomic mass is 9.87. The van der Waals surface area contributed by atoms with Crippen molar-refractivity contribution < 1.29 is 18.0 Å². The smallest absolute Gasteiger partial charge is 0.352 e. The molecule has 0 fully saturated rings. The Labute approximate surface area is 122 Å². The Bertz CT molecular complexity index is 467. The van der Waals surface area contributed by atoms with E-state index in [1.165, 1.54) is 12.1 Å². The molecule has 1 aromatic carbocycles. The van der Waals surface area contributed by atoms with Crippen molar-refractivity contribution in [2.75, 3.05) is 13.1 Å². The van der Waals surface area contributed by atoms with Crippen LogP contribution in [0, 0.1) is 5.41 Å². The third-order valence-corrected chi connectivity index (χ3v) is 3.26. The Morgan fingerprint density at radius 1 is 1.19 bits per heavy atom. The Morgan fingerprint density at radius 3 is 2.24 bits per heavy atom. The Morgan fingerprint density at radius 2 is 1.76 bits per heavy atom. The lowest BCUT2D eigenvalue weighted by Gasteiger charge is -2.24. The summed E-state index contributed by atoms with van der Waals surface area (Å²) >= 11 is 0. The van der Waals surface area contributed by atoms with E-state index in [-0.39, 0.29) is 16.9 Å². The van der Waals surface area contributed by atoms with E-state index < -0.39 is 11.7 Å². The third-order valence-electron chi connectivity index (χ3n) is 3.26. The number of hydrogen-bond acceptors (Lipinski definition) is 2. The molecular formula is C15H21F3N2O. The molecule has 0 aliphatic rings. The summed E-state index contributed by atoms with van der Waals surface area (Å²) in [6.45, 7) is 5.06. The fraction of sp³-hybridized carbons (Fsp3) is 0.533. The largest absolute Gasteiger partial charge is 0.416 e. The molecule has 0 saturated carbocycles. The minimum atomic E-state index is -4.39. The minimum absolute atomic E-state index is 0.0963.